The molecule has 2 aliphatic heterocycles. The van der Waals surface area contributed by atoms with E-state index in [1.807, 2.05) is 0 Å². The second-order valence-electron chi connectivity index (χ2n) is 7.97. The molecule has 0 saturated carbocycles. The maximum absolute atomic E-state index is 15.1. The van der Waals surface area contributed by atoms with Gasteiger partial charge in [-0.2, -0.15) is 8.78 Å². The first-order valence-electron chi connectivity index (χ1n) is 10.1. The fraction of sp³-hybridized carbons (Fsp3) is 0.261. The Hall–Kier alpha value is -3.69. The minimum atomic E-state index is -4.24. The number of rotatable bonds is 4. The summed E-state index contributed by atoms with van der Waals surface area (Å²) in [6, 6.07) is 6.13. The summed E-state index contributed by atoms with van der Waals surface area (Å²) in [5.74, 6) is -8.75. The molecular formula is C23H19F4N3O3. The maximum atomic E-state index is 15.1. The van der Waals surface area contributed by atoms with Gasteiger partial charge in [-0.15, -0.1) is 0 Å². The van der Waals surface area contributed by atoms with Gasteiger partial charge >= 0.3 is 5.92 Å². The normalized spacial score (nSPS) is 15.9. The third-order valence-corrected chi connectivity index (χ3v) is 5.64. The van der Waals surface area contributed by atoms with Crippen LogP contribution in [-0.2, 0) is 15.5 Å². The van der Waals surface area contributed by atoms with Crippen molar-refractivity contribution >= 4 is 23.4 Å². The Labute approximate surface area is 186 Å². The summed E-state index contributed by atoms with van der Waals surface area (Å²) in [5, 5.41) is 5.06. The molecule has 2 aromatic rings. The van der Waals surface area contributed by atoms with Crippen LogP contribution in [0.25, 0.3) is 0 Å². The molecule has 0 fully saturated rings. The molecular weight excluding hydrogens is 442 g/mol. The lowest BCUT2D eigenvalue weighted by Crippen LogP contribution is -2.45. The van der Waals surface area contributed by atoms with Crippen LogP contribution in [0.4, 0.5) is 23.2 Å². The van der Waals surface area contributed by atoms with Crippen LogP contribution in [0.1, 0.15) is 34.3 Å². The number of nitrogens with zero attached hydrogens (tertiary/aromatic N) is 1. The summed E-state index contributed by atoms with van der Waals surface area (Å²) in [5.41, 5.74) is 0.158. The zero-order valence-corrected chi connectivity index (χ0v) is 17.5. The summed E-state index contributed by atoms with van der Waals surface area (Å²) >= 11 is 0. The molecule has 6 nitrogen and oxygen atoms in total. The maximum Gasteiger partial charge on any atom is 0.352 e. The molecule has 0 aromatic heterocycles. The highest BCUT2D eigenvalue weighted by molar-refractivity contribution is 6.04. The van der Waals surface area contributed by atoms with E-state index >= 15 is 8.78 Å². The summed E-state index contributed by atoms with van der Waals surface area (Å²) < 4.78 is 57.9. The van der Waals surface area contributed by atoms with Crippen LogP contribution in [0.5, 0.6) is 0 Å². The lowest BCUT2D eigenvalue weighted by Gasteiger charge is -2.31. The summed E-state index contributed by atoms with van der Waals surface area (Å²) in [4.78, 5) is 37.5. The molecule has 0 spiro atoms. The number of alkyl halides is 2. The fourth-order valence-corrected chi connectivity index (χ4v) is 3.87. The van der Waals surface area contributed by atoms with Crippen molar-refractivity contribution in [1.29, 1.82) is 0 Å². The number of hydrogen-bond acceptors (Lipinski definition) is 3. The molecule has 0 aliphatic carbocycles. The molecule has 0 atom stereocenters. The molecule has 3 amide bonds. The van der Waals surface area contributed by atoms with Gasteiger partial charge in [-0.1, -0.05) is 0 Å². The quantitative estimate of drug-likeness (QED) is 0.683. The molecule has 2 heterocycles. The van der Waals surface area contributed by atoms with E-state index in [9.17, 15) is 23.2 Å². The first kappa shape index (κ1) is 22.5. The SMILES string of the molecule is Cc1cc(NC(=O)c2ccc(F)c(C(F)(F)C(=O)N3CCC4=C(CC(=O)N4)C3)c2)ccc1F. The average Bonchev–Trinajstić information content (AvgIpc) is 3.15. The van der Waals surface area contributed by atoms with Crippen molar-refractivity contribution in [1.82, 2.24) is 10.2 Å². The van der Waals surface area contributed by atoms with Crippen LogP contribution in [0.3, 0.4) is 0 Å². The molecule has 0 unspecified atom stereocenters. The molecule has 0 radical (unpaired) electrons. The predicted molar refractivity (Wildman–Crippen MR) is 110 cm³/mol. The van der Waals surface area contributed by atoms with Crippen molar-refractivity contribution in [2.45, 2.75) is 25.7 Å². The van der Waals surface area contributed by atoms with Gasteiger partial charge in [0.05, 0.1) is 12.0 Å². The minimum Gasteiger partial charge on any atom is -0.333 e. The third-order valence-electron chi connectivity index (χ3n) is 5.64. The minimum absolute atomic E-state index is 0.0254. The van der Waals surface area contributed by atoms with Crippen LogP contribution in [0.2, 0.25) is 0 Å². The van der Waals surface area contributed by atoms with Crippen molar-refractivity contribution in [3.05, 3.63) is 76.0 Å². The molecule has 0 bridgehead atoms. The number of nitrogens with one attached hydrogen (secondary N) is 2. The largest absolute Gasteiger partial charge is 0.352 e. The Morgan fingerprint density at radius 1 is 1.09 bits per heavy atom. The van der Waals surface area contributed by atoms with Crippen LogP contribution < -0.4 is 10.6 Å². The average molecular weight is 461 g/mol. The van der Waals surface area contributed by atoms with Crippen molar-refractivity contribution < 1.29 is 31.9 Å². The number of anilines is 1. The van der Waals surface area contributed by atoms with Gasteiger partial charge in [0.1, 0.15) is 11.6 Å². The zero-order chi connectivity index (χ0) is 23.9. The summed E-state index contributed by atoms with van der Waals surface area (Å²) in [6.07, 6.45) is 0.239. The van der Waals surface area contributed by atoms with Gasteiger partial charge < -0.3 is 15.5 Å². The van der Waals surface area contributed by atoms with Gasteiger partial charge in [-0.05, 0) is 54.5 Å². The fourth-order valence-electron chi connectivity index (χ4n) is 3.87. The molecule has 2 aromatic carbocycles. The predicted octanol–water partition coefficient (Wildman–Crippen LogP) is 3.62. The van der Waals surface area contributed by atoms with Crippen LogP contribution >= 0.6 is 0 Å². The van der Waals surface area contributed by atoms with Gasteiger partial charge in [-0.25, -0.2) is 8.78 Å². The van der Waals surface area contributed by atoms with Gasteiger partial charge in [-0.3, -0.25) is 14.4 Å². The molecule has 4 rings (SSSR count). The van der Waals surface area contributed by atoms with E-state index in [0.717, 1.165) is 17.0 Å². The van der Waals surface area contributed by atoms with E-state index in [2.05, 4.69) is 10.6 Å². The van der Waals surface area contributed by atoms with E-state index in [1.54, 1.807) is 0 Å². The molecule has 2 N–H and O–H groups in total. The number of halogens is 4. The number of carbonyl (C=O) groups excluding carboxylic acids is 3. The Morgan fingerprint density at radius 2 is 1.82 bits per heavy atom. The zero-order valence-electron chi connectivity index (χ0n) is 17.5. The lowest BCUT2D eigenvalue weighted by atomic mass is 10.0. The van der Waals surface area contributed by atoms with Crippen molar-refractivity contribution in [2.24, 2.45) is 0 Å². The standard InChI is InChI=1S/C23H19F4N3O3/c1-12-8-15(3-5-17(12)24)28-21(32)13-2-4-18(25)16(9-13)23(26,27)22(33)30-7-6-19-14(11-30)10-20(31)29-19/h2-5,8-9H,6-7,10-11H2,1H3,(H,28,32)(H,29,31). The number of hydrogen-bond donors (Lipinski definition) is 2. The van der Waals surface area contributed by atoms with Gasteiger partial charge in [0, 0.05) is 36.5 Å². The number of aryl methyl sites for hydroxylation is 1. The molecule has 33 heavy (non-hydrogen) atoms. The summed E-state index contributed by atoms with van der Waals surface area (Å²) in [7, 11) is 0. The van der Waals surface area contributed by atoms with Crippen molar-refractivity contribution in [2.75, 3.05) is 18.4 Å². The van der Waals surface area contributed by atoms with E-state index in [-0.39, 0.29) is 48.7 Å². The smallest absolute Gasteiger partial charge is 0.333 e. The Bertz CT molecular complexity index is 1210. The monoisotopic (exact) mass is 461 g/mol. The van der Waals surface area contributed by atoms with E-state index in [4.69, 9.17) is 0 Å². The molecule has 10 heteroatoms. The highest BCUT2D eigenvalue weighted by Gasteiger charge is 2.47. The molecule has 0 saturated heterocycles. The van der Waals surface area contributed by atoms with Gasteiger partial charge in [0.25, 0.3) is 11.8 Å². The second-order valence-corrected chi connectivity index (χ2v) is 7.97. The number of benzene rings is 2. The van der Waals surface area contributed by atoms with E-state index in [0.29, 0.717) is 23.4 Å². The van der Waals surface area contributed by atoms with Gasteiger partial charge in [0.2, 0.25) is 5.91 Å². The Morgan fingerprint density at radius 3 is 2.55 bits per heavy atom. The number of amides is 3. The van der Waals surface area contributed by atoms with Crippen LogP contribution in [0, 0.1) is 18.6 Å². The van der Waals surface area contributed by atoms with Gasteiger partial charge in [0.15, 0.2) is 0 Å². The third kappa shape index (κ3) is 4.33. The lowest BCUT2D eigenvalue weighted by molar-refractivity contribution is -0.159. The van der Waals surface area contributed by atoms with Crippen LogP contribution in [-0.4, -0.2) is 35.7 Å². The van der Waals surface area contributed by atoms with Crippen molar-refractivity contribution in [3.63, 3.8) is 0 Å². The molecule has 2 aliphatic rings. The Balaban J connectivity index is 1.55. The van der Waals surface area contributed by atoms with E-state index in [1.165, 1.54) is 19.1 Å². The second kappa shape index (κ2) is 8.34. The van der Waals surface area contributed by atoms with E-state index < -0.39 is 34.9 Å². The highest BCUT2D eigenvalue weighted by Crippen LogP contribution is 2.35. The highest BCUT2D eigenvalue weighted by atomic mass is 19.3. The first-order valence-corrected chi connectivity index (χ1v) is 10.1. The Kier molecular flexibility index (Phi) is 5.69. The first-order chi connectivity index (χ1) is 15.6. The van der Waals surface area contributed by atoms with Crippen molar-refractivity contribution in [3.8, 4) is 0 Å². The molecule has 172 valence electrons. The number of carbonyl (C=O) groups is 3. The topological polar surface area (TPSA) is 78.5 Å². The van der Waals surface area contributed by atoms with Crippen LogP contribution in [0.15, 0.2) is 47.7 Å². The summed E-state index contributed by atoms with van der Waals surface area (Å²) in [6.45, 7) is 1.28.